The zero-order valence-corrected chi connectivity index (χ0v) is 15.2. The zero-order valence-electron chi connectivity index (χ0n) is 13.6. The van der Waals surface area contributed by atoms with Crippen molar-refractivity contribution in [3.63, 3.8) is 0 Å². The number of amides is 2. The number of carbonyl (C=O) groups excluding carboxylic acids is 3. The van der Waals surface area contributed by atoms with Crippen molar-refractivity contribution in [2.45, 2.75) is 17.9 Å². The lowest BCUT2D eigenvalue weighted by molar-refractivity contribution is -0.123. The number of fused-ring (bicyclic) bond motifs is 1. The Kier molecular flexibility index (Phi) is 5.43. The summed E-state index contributed by atoms with van der Waals surface area (Å²) in [5.41, 5.74) is 0.805. The van der Waals surface area contributed by atoms with E-state index >= 15 is 0 Å². The summed E-state index contributed by atoms with van der Waals surface area (Å²) >= 11 is 7.13. The molecule has 1 aliphatic rings. The number of benzene rings is 1. The van der Waals surface area contributed by atoms with Crippen LogP contribution in [0.1, 0.15) is 17.3 Å². The number of thioether (sulfide) groups is 1. The molecule has 1 aliphatic heterocycles. The van der Waals surface area contributed by atoms with Gasteiger partial charge in [-0.15, -0.1) is 11.8 Å². The predicted molar refractivity (Wildman–Crippen MR) is 98.5 cm³/mol. The van der Waals surface area contributed by atoms with Crippen LogP contribution >= 0.6 is 23.4 Å². The minimum Gasteiger partial charge on any atom is -0.449 e. The van der Waals surface area contributed by atoms with Crippen molar-refractivity contribution >= 4 is 52.7 Å². The van der Waals surface area contributed by atoms with E-state index in [1.54, 1.807) is 24.3 Å². The number of nitrogens with one attached hydrogen (secondary N) is 2. The molecule has 26 heavy (non-hydrogen) atoms. The quantitative estimate of drug-likeness (QED) is 0.777. The van der Waals surface area contributed by atoms with Gasteiger partial charge < -0.3 is 15.4 Å². The molecule has 2 aromatic rings. The van der Waals surface area contributed by atoms with Crippen molar-refractivity contribution in [2.75, 3.05) is 16.4 Å². The van der Waals surface area contributed by atoms with Crippen molar-refractivity contribution in [3.05, 3.63) is 47.1 Å². The normalized spacial score (nSPS) is 14.0. The smallest absolute Gasteiger partial charge is 0.338 e. The maximum absolute atomic E-state index is 12.3. The molecule has 134 valence electrons. The van der Waals surface area contributed by atoms with Crippen LogP contribution < -0.4 is 10.6 Å². The largest absolute Gasteiger partial charge is 0.449 e. The molecule has 7 nitrogen and oxygen atoms in total. The molecular weight excluding hydrogens is 378 g/mol. The summed E-state index contributed by atoms with van der Waals surface area (Å²) in [4.78, 5) is 40.7. The third-order valence-electron chi connectivity index (χ3n) is 3.48. The minimum atomic E-state index is -1.03. The Balaban J connectivity index is 1.63. The molecular formula is C17H14ClN3O4S. The number of anilines is 2. The number of esters is 1. The van der Waals surface area contributed by atoms with Crippen molar-refractivity contribution in [3.8, 4) is 0 Å². The van der Waals surface area contributed by atoms with Crippen LogP contribution in [-0.4, -0.2) is 34.6 Å². The Bertz CT molecular complexity index is 873. The first-order valence-electron chi connectivity index (χ1n) is 7.62. The average Bonchev–Trinajstić information content (AvgIpc) is 2.62. The van der Waals surface area contributed by atoms with Gasteiger partial charge in [-0.2, -0.15) is 0 Å². The Morgan fingerprint density at radius 1 is 1.35 bits per heavy atom. The highest BCUT2D eigenvalue weighted by molar-refractivity contribution is 8.00. The first-order chi connectivity index (χ1) is 12.4. The van der Waals surface area contributed by atoms with Crippen LogP contribution in [0.3, 0.4) is 0 Å². The molecule has 2 N–H and O–H groups in total. The molecule has 1 aromatic heterocycles. The molecule has 1 atom stereocenters. The summed E-state index contributed by atoms with van der Waals surface area (Å²) in [6, 6.07) is 7.99. The SMILES string of the molecule is C[C@H](OC(=O)c1ccc2c(c1)NC(=O)CS2)C(=O)Nc1ccc(Cl)cn1. The van der Waals surface area contributed by atoms with Gasteiger partial charge in [-0.1, -0.05) is 11.6 Å². The van der Waals surface area contributed by atoms with E-state index < -0.39 is 18.0 Å². The predicted octanol–water partition coefficient (Wildman–Crippen LogP) is 2.96. The molecule has 1 aromatic carbocycles. The molecule has 3 rings (SSSR count). The summed E-state index contributed by atoms with van der Waals surface area (Å²) in [7, 11) is 0. The number of aromatic nitrogens is 1. The molecule has 2 heterocycles. The number of hydrogen-bond acceptors (Lipinski definition) is 6. The summed E-state index contributed by atoms with van der Waals surface area (Å²) < 4.78 is 5.19. The molecule has 0 bridgehead atoms. The Hall–Kier alpha value is -2.58. The summed E-state index contributed by atoms with van der Waals surface area (Å²) in [5.74, 6) is -0.668. The maximum atomic E-state index is 12.3. The standard InChI is InChI=1S/C17H14ClN3O4S/c1-9(16(23)21-14-5-3-11(18)7-19-14)25-17(24)10-2-4-13-12(6-10)20-15(22)8-26-13/h2-7,9H,8H2,1H3,(H,20,22)(H,19,21,23)/t9-/m0/s1. The van der Waals surface area contributed by atoms with Gasteiger partial charge in [0, 0.05) is 11.1 Å². The van der Waals surface area contributed by atoms with Gasteiger partial charge in [-0.25, -0.2) is 9.78 Å². The van der Waals surface area contributed by atoms with Crippen LogP contribution in [0.2, 0.25) is 5.02 Å². The second kappa shape index (κ2) is 7.76. The molecule has 0 saturated heterocycles. The van der Waals surface area contributed by atoms with Gasteiger partial charge in [0.05, 0.1) is 22.0 Å². The molecule has 0 aliphatic carbocycles. The number of halogens is 1. The fourth-order valence-electron chi connectivity index (χ4n) is 2.17. The molecule has 0 radical (unpaired) electrons. The number of pyridine rings is 1. The van der Waals surface area contributed by atoms with Crippen LogP contribution in [0.25, 0.3) is 0 Å². The summed E-state index contributed by atoms with van der Waals surface area (Å²) in [6.07, 6.45) is 0.368. The number of rotatable bonds is 4. The number of carbonyl (C=O) groups is 3. The minimum absolute atomic E-state index is 0.128. The van der Waals surface area contributed by atoms with Crippen LogP contribution in [0, 0.1) is 0 Å². The van der Waals surface area contributed by atoms with E-state index in [0.29, 0.717) is 22.3 Å². The molecule has 2 amide bonds. The van der Waals surface area contributed by atoms with Crippen LogP contribution in [0.15, 0.2) is 41.4 Å². The topological polar surface area (TPSA) is 97.4 Å². The van der Waals surface area contributed by atoms with Crippen LogP contribution in [0.5, 0.6) is 0 Å². The van der Waals surface area contributed by atoms with Gasteiger partial charge in [0.25, 0.3) is 5.91 Å². The average molecular weight is 392 g/mol. The number of ether oxygens (including phenoxy) is 1. The lowest BCUT2D eigenvalue weighted by atomic mass is 10.2. The van der Waals surface area contributed by atoms with Crippen molar-refractivity contribution in [2.24, 2.45) is 0 Å². The number of hydrogen-bond donors (Lipinski definition) is 2. The fourth-order valence-corrected chi connectivity index (χ4v) is 3.07. The molecule has 0 fully saturated rings. The van der Waals surface area contributed by atoms with E-state index in [4.69, 9.17) is 16.3 Å². The van der Waals surface area contributed by atoms with E-state index in [9.17, 15) is 14.4 Å². The third-order valence-corrected chi connectivity index (χ3v) is 4.78. The monoisotopic (exact) mass is 391 g/mol. The number of nitrogens with zero attached hydrogens (tertiary/aromatic N) is 1. The van der Waals surface area contributed by atoms with E-state index in [2.05, 4.69) is 15.6 Å². The first kappa shape index (κ1) is 18.2. The Morgan fingerprint density at radius 3 is 2.88 bits per heavy atom. The van der Waals surface area contributed by atoms with Crippen molar-refractivity contribution < 1.29 is 19.1 Å². The highest BCUT2D eigenvalue weighted by Gasteiger charge is 2.22. The lowest BCUT2D eigenvalue weighted by Crippen LogP contribution is -2.30. The van der Waals surface area contributed by atoms with Gasteiger partial charge in [-0.3, -0.25) is 9.59 Å². The highest BCUT2D eigenvalue weighted by Crippen LogP contribution is 2.32. The fraction of sp³-hybridized carbons (Fsp3) is 0.176. The summed E-state index contributed by atoms with van der Waals surface area (Å²) in [5, 5.41) is 5.68. The van der Waals surface area contributed by atoms with E-state index in [-0.39, 0.29) is 11.5 Å². The lowest BCUT2D eigenvalue weighted by Gasteiger charge is -2.17. The Labute approximate surface area is 158 Å². The first-order valence-corrected chi connectivity index (χ1v) is 8.99. The van der Waals surface area contributed by atoms with Crippen molar-refractivity contribution in [1.82, 2.24) is 4.98 Å². The third kappa shape index (κ3) is 4.33. The summed E-state index contributed by atoms with van der Waals surface area (Å²) in [6.45, 7) is 1.46. The second-order valence-corrected chi connectivity index (χ2v) is 6.90. The molecule has 0 saturated carbocycles. The second-order valence-electron chi connectivity index (χ2n) is 5.45. The van der Waals surface area contributed by atoms with Crippen LogP contribution in [0.4, 0.5) is 11.5 Å². The van der Waals surface area contributed by atoms with Gasteiger partial charge in [0.1, 0.15) is 5.82 Å². The van der Waals surface area contributed by atoms with Crippen molar-refractivity contribution in [1.29, 1.82) is 0 Å². The highest BCUT2D eigenvalue weighted by atomic mass is 35.5. The molecule has 0 spiro atoms. The van der Waals surface area contributed by atoms with Gasteiger partial charge in [0.15, 0.2) is 6.10 Å². The zero-order chi connectivity index (χ0) is 18.7. The van der Waals surface area contributed by atoms with Gasteiger partial charge in [-0.05, 0) is 37.3 Å². The maximum Gasteiger partial charge on any atom is 0.338 e. The van der Waals surface area contributed by atoms with E-state index in [0.717, 1.165) is 4.90 Å². The van der Waals surface area contributed by atoms with Crippen LogP contribution in [-0.2, 0) is 14.3 Å². The van der Waals surface area contributed by atoms with Gasteiger partial charge in [0.2, 0.25) is 5.91 Å². The van der Waals surface area contributed by atoms with E-state index in [1.165, 1.54) is 30.9 Å². The molecule has 9 heteroatoms. The van der Waals surface area contributed by atoms with Gasteiger partial charge >= 0.3 is 5.97 Å². The molecule has 0 unspecified atom stereocenters. The van der Waals surface area contributed by atoms with E-state index in [1.807, 2.05) is 0 Å². The Morgan fingerprint density at radius 2 is 2.15 bits per heavy atom.